The predicted octanol–water partition coefficient (Wildman–Crippen LogP) is 9.23. The first-order chi connectivity index (χ1) is 23.8. The summed E-state index contributed by atoms with van der Waals surface area (Å²) in [7, 11) is 3.80. The number of rotatable bonds is 6. The number of allylic oxidation sites excluding steroid dienone is 5. The normalized spacial score (nSPS) is 16.6. The van der Waals surface area contributed by atoms with E-state index in [4.69, 9.17) is 6.57 Å². The Morgan fingerprint density at radius 1 is 0.960 bits per heavy atom. The van der Waals surface area contributed by atoms with Gasteiger partial charge in [-0.05, 0) is 52.6 Å². The van der Waals surface area contributed by atoms with Crippen molar-refractivity contribution in [2.24, 2.45) is 0 Å². The summed E-state index contributed by atoms with van der Waals surface area (Å²) in [5.74, 6) is -7.12. The second-order valence-corrected chi connectivity index (χ2v) is 12.9. The number of carboxylic acid groups (broad SMARTS) is 1. The minimum absolute atomic E-state index is 0.0115. The Balaban J connectivity index is 1.75. The van der Waals surface area contributed by atoms with Crippen LogP contribution in [-0.2, 0) is 11.0 Å². The van der Waals surface area contributed by atoms with E-state index in [2.05, 4.69) is 4.85 Å². The van der Waals surface area contributed by atoms with Crippen LogP contribution in [0.2, 0.25) is 0 Å². The Kier molecular flexibility index (Phi) is 8.33. The molecule has 0 aromatic heterocycles. The van der Waals surface area contributed by atoms with E-state index in [0.29, 0.717) is 22.3 Å². The number of halogens is 3. The number of anilines is 2. The average Bonchev–Trinajstić information content (AvgIpc) is 3.13. The van der Waals surface area contributed by atoms with E-state index in [1.165, 1.54) is 0 Å². The molecule has 50 heavy (non-hydrogen) atoms. The summed E-state index contributed by atoms with van der Waals surface area (Å²) >= 11 is 0. The van der Waals surface area contributed by atoms with Crippen LogP contribution in [0.5, 0.6) is 0 Å². The van der Waals surface area contributed by atoms with E-state index in [1.54, 1.807) is 30.4 Å². The lowest BCUT2D eigenvalue weighted by molar-refractivity contribution is -0.403. The molecule has 0 saturated carbocycles. The van der Waals surface area contributed by atoms with Gasteiger partial charge in [-0.1, -0.05) is 56.3 Å². The first-order valence-corrected chi connectivity index (χ1v) is 15.8. The first-order valence-electron chi connectivity index (χ1n) is 15.8. The molecule has 9 heteroatoms. The third-order valence-corrected chi connectivity index (χ3v) is 9.67. The number of para-hydroxylation sites is 2. The van der Waals surface area contributed by atoms with Gasteiger partial charge in [0.2, 0.25) is 11.4 Å². The quantitative estimate of drug-likeness (QED) is 0.126. The van der Waals surface area contributed by atoms with Crippen LogP contribution >= 0.6 is 0 Å². The van der Waals surface area contributed by atoms with Crippen molar-refractivity contribution in [3.8, 4) is 6.07 Å². The molecular weight excluding hydrogens is 637 g/mol. The maximum absolute atomic E-state index is 17.0. The van der Waals surface area contributed by atoms with Crippen molar-refractivity contribution in [3.05, 3.63) is 165 Å². The van der Waals surface area contributed by atoms with E-state index in [1.807, 2.05) is 110 Å². The maximum atomic E-state index is 17.0. The Bertz CT molecular complexity index is 2290. The molecule has 0 amide bonds. The van der Waals surface area contributed by atoms with Gasteiger partial charge in [0.25, 0.3) is 0 Å². The molecule has 2 aliphatic rings. The molecule has 6 nitrogen and oxygen atoms in total. The molecule has 248 valence electrons. The fourth-order valence-corrected chi connectivity index (χ4v) is 6.77. The number of hydrogen-bond donors (Lipinski definition) is 1. The van der Waals surface area contributed by atoms with Gasteiger partial charge in [-0.2, -0.15) is 9.84 Å². The van der Waals surface area contributed by atoms with Crippen molar-refractivity contribution in [1.29, 1.82) is 5.26 Å². The molecule has 0 bridgehead atoms. The molecule has 4 aromatic carbocycles. The van der Waals surface area contributed by atoms with Gasteiger partial charge >= 0.3 is 11.5 Å². The molecule has 0 heterocycles. The highest BCUT2D eigenvalue weighted by Crippen LogP contribution is 2.53. The maximum Gasteiger partial charge on any atom is 0.343 e. The van der Waals surface area contributed by atoms with Gasteiger partial charge in [0.05, 0.1) is 0 Å². The lowest BCUT2D eigenvalue weighted by Crippen LogP contribution is -2.31. The number of nitriles is 1. The molecule has 6 rings (SSSR count). The van der Waals surface area contributed by atoms with Crippen molar-refractivity contribution in [2.45, 2.75) is 31.7 Å². The fraction of sp³-hybridized carbons (Fsp3) is 0.171. The number of nitrogens with zero attached hydrogens (tertiary/aromatic N) is 4. The summed E-state index contributed by atoms with van der Waals surface area (Å²) in [5.41, 5.74) is -0.839. The number of carbonyl (C=O) groups is 1. The van der Waals surface area contributed by atoms with Gasteiger partial charge in [-0.15, -0.1) is 0 Å². The van der Waals surface area contributed by atoms with Crippen molar-refractivity contribution < 1.29 is 27.6 Å². The number of fused-ring (bicyclic) bond motifs is 2. The Hall–Kier alpha value is -6.19. The zero-order valence-electron chi connectivity index (χ0n) is 28.0. The van der Waals surface area contributed by atoms with Crippen LogP contribution in [0, 0.1) is 35.4 Å². The summed E-state index contributed by atoms with van der Waals surface area (Å²) in [6.45, 7) is 12.5. The van der Waals surface area contributed by atoms with Crippen molar-refractivity contribution in [2.75, 3.05) is 19.0 Å². The van der Waals surface area contributed by atoms with Crippen LogP contribution in [0.25, 0.3) is 10.4 Å². The molecule has 0 aliphatic heterocycles. The highest BCUT2D eigenvalue weighted by atomic mass is 19.2. The second kappa shape index (κ2) is 12.4. The molecule has 0 saturated heterocycles. The molecule has 0 fully saturated rings. The van der Waals surface area contributed by atoms with E-state index in [-0.39, 0.29) is 5.57 Å². The van der Waals surface area contributed by atoms with Crippen LogP contribution < -0.4 is 4.90 Å². The summed E-state index contributed by atoms with van der Waals surface area (Å²) in [5, 5.41) is 20.1. The van der Waals surface area contributed by atoms with E-state index < -0.39 is 51.1 Å². The van der Waals surface area contributed by atoms with Crippen LogP contribution in [0.15, 0.2) is 108 Å². The fourth-order valence-electron chi connectivity index (χ4n) is 6.77. The topological polar surface area (TPSA) is 71.7 Å². The van der Waals surface area contributed by atoms with Crippen LogP contribution in [0.3, 0.4) is 0 Å². The van der Waals surface area contributed by atoms with Gasteiger partial charge in [0, 0.05) is 66.2 Å². The van der Waals surface area contributed by atoms with Gasteiger partial charge in [0.15, 0.2) is 17.7 Å². The van der Waals surface area contributed by atoms with Crippen LogP contribution in [-0.4, -0.2) is 35.5 Å². The first kappa shape index (κ1) is 33.7. The third kappa shape index (κ3) is 5.19. The van der Waals surface area contributed by atoms with Gasteiger partial charge < -0.3 is 10.0 Å². The Morgan fingerprint density at radius 3 is 2.20 bits per heavy atom. The largest absolute Gasteiger partial charge is 0.478 e. The molecule has 0 radical (unpaired) electrons. The minimum atomic E-state index is -2.48. The average molecular weight is 670 g/mol. The summed E-state index contributed by atoms with van der Waals surface area (Å²) in [4.78, 5) is 17.8. The Morgan fingerprint density at radius 2 is 1.60 bits per heavy atom. The molecule has 4 aromatic rings. The van der Waals surface area contributed by atoms with E-state index >= 15 is 13.2 Å². The standard InChI is InChI=1S/C41H31F3N4O2/c1-40(2)30-21-26(47(5)24-13-9-7-10-14-24)17-19-28(30)32(29-20-18-27(22-31(29)40)48(6)25-15-11-8-12-16-25)33-34(39(49)50)37(43)38(44)35(36(33)42)41(3,23-45)46-4/h7-22H,1-3,5-6H3/p+1. The molecule has 0 spiro atoms. The summed E-state index contributed by atoms with van der Waals surface area (Å²) in [6.07, 6.45) is 5.44. The number of hydrogen-bond acceptors (Lipinski definition) is 3. The van der Waals surface area contributed by atoms with Crippen molar-refractivity contribution in [1.82, 2.24) is 0 Å². The van der Waals surface area contributed by atoms with Crippen molar-refractivity contribution >= 4 is 34.3 Å². The van der Waals surface area contributed by atoms with E-state index in [9.17, 15) is 15.2 Å². The lowest BCUT2D eigenvalue weighted by Gasteiger charge is -2.40. The third-order valence-electron chi connectivity index (χ3n) is 9.67. The van der Waals surface area contributed by atoms with Crippen molar-refractivity contribution in [3.63, 3.8) is 0 Å². The van der Waals surface area contributed by atoms with E-state index in [0.717, 1.165) is 29.7 Å². The number of aromatic carboxylic acids is 1. The van der Waals surface area contributed by atoms with Crippen LogP contribution in [0.4, 0.5) is 30.2 Å². The molecular formula is C41H32F3N4O2+. The molecule has 1 N–H and O–H groups in total. The predicted molar refractivity (Wildman–Crippen MR) is 187 cm³/mol. The highest BCUT2D eigenvalue weighted by Gasteiger charge is 2.47. The second-order valence-electron chi connectivity index (χ2n) is 12.9. The zero-order chi connectivity index (χ0) is 36.1. The Labute approximate surface area is 288 Å². The monoisotopic (exact) mass is 669 g/mol. The van der Waals surface area contributed by atoms with Crippen LogP contribution in [0.1, 0.15) is 53.4 Å². The lowest BCUT2D eigenvalue weighted by atomic mass is 9.63. The molecule has 1 unspecified atom stereocenters. The smallest absolute Gasteiger partial charge is 0.343 e. The highest BCUT2D eigenvalue weighted by molar-refractivity contribution is 6.08. The van der Waals surface area contributed by atoms with Gasteiger partial charge in [-0.3, -0.25) is 4.85 Å². The molecule has 1 atom stereocenters. The molecule has 2 aliphatic carbocycles. The summed E-state index contributed by atoms with van der Waals surface area (Å²) < 4.78 is 50.6. The number of carboxylic acids is 1. The minimum Gasteiger partial charge on any atom is -0.478 e. The van der Waals surface area contributed by atoms with Gasteiger partial charge in [0.1, 0.15) is 24.0 Å². The zero-order valence-corrected chi connectivity index (χ0v) is 28.0. The number of benzene rings is 4. The van der Waals surface area contributed by atoms with Gasteiger partial charge in [-0.25, -0.2) is 24.5 Å². The summed E-state index contributed by atoms with van der Waals surface area (Å²) in [6, 6.07) is 26.3. The SMILES string of the molecule is [C-]#[N+]C(C)(C#N)c1c(F)c(F)c(C(=O)O)c(C2=C3C=CC(=[N+](C)c4ccccc4)C=C3C(C)(C)c3cc(N(C)c4ccccc4)ccc32)c1F.